The van der Waals surface area contributed by atoms with Crippen LogP contribution in [-0.4, -0.2) is 43.7 Å². The number of aliphatic carboxylic acids is 1. The number of amides is 1. The van der Waals surface area contributed by atoms with Crippen LogP contribution < -0.4 is 10.1 Å². The van der Waals surface area contributed by atoms with Gasteiger partial charge in [-0.05, 0) is 59.5 Å². The highest BCUT2D eigenvalue weighted by atomic mass is 79.9. The molecule has 2 aromatic heterocycles. The average Bonchev–Trinajstić information content (AvgIpc) is 3.16. The lowest BCUT2D eigenvalue weighted by molar-refractivity contribution is -0.144. The summed E-state index contributed by atoms with van der Waals surface area (Å²) >= 11 is 3.28. The first kappa shape index (κ1) is 24.4. The van der Waals surface area contributed by atoms with Crippen LogP contribution in [0.25, 0.3) is 5.78 Å². The predicted molar refractivity (Wildman–Crippen MR) is 113 cm³/mol. The summed E-state index contributed by atoms with van der Waals surface area (Å²) in [7, 11) is 1.47. The van der Waals surface area contributed by atoms with E-state index in [0.717, 1.165) is 4.52 Å². The highest BCUT2D eigenvalue weighted by Gasteiger charge is 2.37. The molecule has 13 heteroatoms. The van der Waals surface area contributed by atoms with E-state index in [9.17, 15) is 27.9 Å². The zero-order chi connectivity index (χ0) is 24.5. The van der Waals surface area contributed by atoms with Crippen molar-refractivity contribution in [1.82, 2.24) is 24.9 Å². The molecule has 1 atom stereocenters. The summed E-state index contributed by atoms with van der Waals surface area (Å²) in [6.45, 7) is 3.15. The van der Waals surface area contributed by atoms with Crippen molar-refractivity contribution in [2.75, 3.05) is 7.11 Å². The topological polar surface area (TPSA) is 119 Å². The Hall–Kier alpha value is -3.22. The smallest absolute Gasteiger partial charge is 0.453 e. The van der Waals surface area contributed by atoms with Crippen molar-refractivity contribution < 1.29 is 32.6 Å². The van der Waals surface area contributed by atoms with Crippen LogP contribution in [0.1, 0.15) is 40.8 Å². The molecule has 3 aromatic rings. The molecule has 1 unspecified atom stereocenters. The largest absolute Gasteiger partial charge is 0.496 e. The maximum absolute atomic E-state index is 12.9. The molecule has 0 fully saturated rings. The minimum atomic E-state index is -4.71. The third-order valence-corrected chi connectivity index (χ3v) is 5.59. The summed E-state index contributed by atoms with van der Waals surface area (Å²) in [5, 5.41) is 15.5. The summed E-state index contributed by atoms with van der Waals surface area (Å²) in [5.41, 5.74) is 1.63. The van der Waals surface area contributed by atoms with Crippen LogP contribution in [0.15, 0.2) is 22.7 Å². The zero-order valence-corrected chi connectivity index (χ0v) is 19.3. The molecule has 2 N–H and O–H groups in total. The summed E-state index contributed by atoms with van der Waals surface area (Å²) < 4.78 is 45.4. The monoisotopic (exact) mass is 529 g/mol. The summed E-state index contributed by atoms with van der Waals surface area (Å²) in [6, 6.07) is 3.33. The summed E-state index contributed by atoms with van der Waals surface area (Å²) in [5.74, 6) is -2.80. The second kappa shape index (κ2) is 9.33. The number of hydrogen-bond donors (Lipinski definition) is 2. The van der Waals surface area contributed by atoms with Gasteiger partial charge in [0.05, 0.1) is 11.6 Å². The molecule has 0 spiro atoms. The number of carbonyl (C=O) groups excluding carboxylic acids is 1. The predicted octanol–water partition coefficient (Wildman–Crippen LogP) is 3.41. The molecular formula is C20H19BrF3N5O4. The molecule has 0 aliphatic rings. The van der Waals surface area contributed by atoms with E-state index in [1.165, 1.54) is 19.2 Å². The quantitative estimate of drug-likeness (QED) is 0.481. The van der Waals surface area contributed by atoms with Crippen molar-refractivity contribution >= 4 is 33.6 Å². The number of halogens is 4. The van der Waals surface area contributed by atoms with Gasteiger partial charge in [-0.15, -0.1) is 5.10 Å². The Morgan fingerprint density at radius 1 is 1.27 bits per heavy atom. The lowest BCUT2D eigenvalue weighted by Gasteiger charge is -2.17. The molecule has 0 bridgehead atoms. The maximum Gasteiger partial charge on any atom is 0.453 e. The van der Waals surface area contributed by atoms with Gasteiger partial charge in [-0.25, -0.2) is 14.3 Å². The minimum Gasteiger partial charge on any atom is -0.496 e. The zero-order valence-electron chi connectivity index (χ0n) is 17.7. The average molecular weight is 530 g/mol. The number of carboxylic acids is 1. The standard InChI is InChI=1S/C20H19BrF3N5O4/c1-9-12(10(2)29-19(25-9)27-18(28-29)20(22,23)24)5-7-15(30)26-16(17(31)32)11-4-6-14(33-3)13(21)8-11/h4,6,8,16H,5,7H2,1-3H3,(H,26,30)(H,31,32). The van der Waals surface area contributed by atoms with Gasteiger partial charge in [0.15, 0.2) is 6.04 Å². The van der Waals surface area contributed by atoms with Crippen molar-refractivity contribution in [3.8, 4) is 5.75 Å². The molecule has 0 aliphatic carbocycles. The number of hydrogen-bond acceptors (Lipinski definition) is 6. The number of rotatable bonds is 7. The highest BCUT2D eigenvalue weighted by molar-refractivity contribution is 9.10. The first-order valence-corrected chi connectivity index (χ1v) is 10.4. The molecule has 0 radical (unpaired) electrons. The number of aryl methyl sites for hydroxylation is 2. The first-order chi connectivity index (χ1) is 15.4. The fourth-order valence-corrected chi connectivity index (χ4v) is 3.87. The number of alkyl halides is 3. The lowest BCUT2D eigenvalue weighted by Crippen LogP contribution is -2.34. The molecule has 33 heavy (non-hydrogen) atoms. The van der Waals surface area contributed by atoms with Crippen molar-refractivity contribution in [3.63, 3.8) is 0 Å². The summed E-state index contributed by atoms with van der Waals surface area (Å²) in [4.78, 5) is 31.7. The van der Waals surface area contributed by atoms with Crippen molar-refractivity contribution in [3.05, 3.63) is 51.0 Å². The minimum absolute atomic E-state index is 0.114. The number of fused-ring (bicyclic) bond motifs is 1. The second-order valence-electron chi connectivity index (χ2n) is 7.14. The van der Waals surface area contributed by atoms with Crippen LogP contribution in [0.2, 0.25) is 0 Å². The molecule has 9 nitrogen and oxygen atoms in total. The van der Waals surface area contributed by atoms with Gasteiger partial charge in [0.25, 0.3) is 11.6 Å². The van der Waals surface area contributed by atoms with Crippen LogP contribution >= 0.6 is 15.9 Å². The van der Waals surface area contributed by atoms with Gasteiger partial charge in [-0.1, -0.05) is 6.07 Å². The Bertz CT molecular complexity index is 1230. The molecular weight excluding hydrogens is 511 g/mol. The third kappa shape index (κ3) is 5.24. The number of nitrogens with zero attached hydrogens (tertiary/aromatic N) is 4. The SMILES string of the molecule is COc1ccc(C(NC(=O)CCc2c(C)nc3nc(C(F)(F)F)nn3c2C)C(=O)O)cc1Br. The number of aromatic nitrogens is 4. The first-order valence-electron chi connectivity index (χ1n) is 9.58. The molecule has 3 rings (SSSR count). The molecule has 176 valence electrons. The van der Waals surface area contributed by atoms with E-state index in [0.29, 0.717) is 32.7 Å². The number of methoxy groups -OCH3 is 1. The number of carbonyl (C=O) groups is 2. The van der Waals surface area contributed by atoms with Crippen LogP contribution in [0, 0.1) is 13.8 Å². The second-order valence-corrected chi connectivity index (χ2v) is 7.99. The fourth-order valence-electron chi connectivity index (χ4n) is 3.31. The van der Waals surface area contributed by atoms with E-state index >= 15 is 0 Å². The van der Waals surface area contributed by atoms with Gasteiger partial charge in [0.2, 0.25) is 5.91 Å². The van der Waals surface area contributed by atoms with Crippen LogP contribution in [0.5, 0.6) is 5.75 Å². The van der Waals surface area contributed by atoms with Crippen molar-refractivity contribution in [2.45, 2.75) is 38.9 Å². The van der Waals surface area contributed by atoms with E-state index in [1.807, 2.05) is 0 Å². The Labute approximate surface area is 194 Å². The van der Waals surface area contributed by atoms with E-state index in [-0.39, 0.29) is 18.6 Å². The van der Waals surface area contributed by atoms with Crippen LogP contribution in [-0.2, 0) is 22.2 Å². The molecule has 1 amide bonds. The maximum atomic E-state index is 12.9. The van der Waals surface area contributed by atoms with Crippen LogP contribution in [0.3, 0.4) is 0 Å². The van der Waals surface area contributed by atoms with Gasteiger partial charge in [-0.3, -0.25) is 4.79 Å². The van der Waals surface area contributed by atoms with Crippen LogP contribution in [0.4, 0.5) is 13.2 Å². The Morgan fingerprint density at radius 3 is 2.55 bits per heavy atom. The fraction of sp³-hybridized carbons (Fsp3) is 0.350. The van der Waals surface area contributed by atoms with Gasteiger partial charge in [0, 0.05) is 17.8 Å². The van der Waals surface area contributed by atoms with Crippen molar-refractivity contribution in [1.29, 1.82) is 0 Å². The highest BCUT2D eigenvalue weighted by Crippen LogP contribution is 2.29. The number of benzene rings is 1. The van der Waals surface area contributed by atoms with Gasteiger partial charge in [-0.2, -0.15) is 18.2 Å². The molecule has 2 heterocycles. The van der Waals surface area contributed by atoms with Gasteiger partial charge in [0.1, 0.15) is 5.75 Å². The Balaban J connectivity index is 1.78. The lowest BCUT2D eigenvalue weighted by atomic mass is 10.0. The molecule has 0 aliphatic heterocycles. The van der Waals surface area contributed by atoms with E-state index in [1.54, 1.807) is 19.9 Å². The molecule has 1 aromatic carbocycles. The molecule has 0 saturated heterocycles. The van der Waals surface area contributed by atoms with E-state index < -0.39 is 29.9 Å². The third-order valence-electron chi connectivity index (χ3n) is 4.97. The van der Waals surface area contributed by atoms with Gasteiger partial charge >= 0.3 is 12.1 Å². The number of ether oxygens (including phenoxy) is 1. The normalized spacial score (nSPS) is 12.6. The Morgan fingerprint density at radius 2 is 1.97 bits per heavy atom. The van der Waals surface area contributed by atoms with E-state index in [2.05, 4.69) is 36.3 Å². The Kier molecular flexibility index (Phi) is 6.91. The molecule has 0 saturated carbocycles. The van der Waals surface area contributed by atoms with Gasteiger partial charge < -0.3 is 15.2 Å². The number of nitrogens with one attached hydrogen (secondary N) is 1. The van der Waals surface area contributed by atoms with Crippen molar-refractivity contribution in [2.24, 2.45) is 0 Å². The summed E-state index contributed by atoms with van der Waals surface area (Å²) in [6.07, 6.45) is -4.71. The number of carboxylic acid groups (broad SMARTS) is 1. The van der Waals surface area contributed by atoms with E-state index in [4.69, 9.17) is 4.74 Å².